The molecule has 3 N–H and O–H groups in total. The Morgan fingerprint density at radius 2 is 2.38 bits per heavy atom. The van der Waals surface area contributed by atoms with E-state index >= 15 is 0 Å². The van der Waals surface area contributed by atoms with Crippen LogP contribution in [0.1, 0.15) is 32.4 Å². The minimum absolute atomic E-state index is 0.187. The summed E-state index contributed by atoms with van der Waals surface area (Å²) in [5.74, 6) is -0.0120. The summed E-state index contributed by atoms with van der Waals surface area (Å²) in [5.41, 5.74) is -0.583. The number of rotatable bonds is 5. The van der Waals surface area contributed by atoms with E-state index in [0.29, 0.717) is 12.8 Å². The molecule has 1 amide bonds. The third-order valence-electron chi connectivity index (χ3n) is 3.27. The number of nitrogens with zero attached hydrogens (tertiary/aromatic N) is 2. The third-order valence-corrected chi connectivity index (χ3v) is 3.27. The lowest BCUT2D eigenvalue weighted by atomic mass is 10.2. The van der Waals surface area contributed by atoms with Crippen molar-refractivity contribution in [2.24, 2.45) is 0 Å². The Morgan fingerprint density at radius 3 is 2.95 bits per heavy atom. The molecule has 21 heavy (non-hydrogen) atoms. The molecule has 2 rings (SSSR count). The largest absolute Gasteiger partial charge is 0.394 e. The minimum Gasteiger partial charge on any atom is -0.394 e. The molecule has 1 aromatic rings. The molecule has 1 aliphatic heterocycles. The van der Waals surface area contributed by atoms with Crippen LogP contribution in [-0.4, -0.2) is 44.5 Å². The molecule has 1 saturated heterocycles. The Hall–Kier alpha value is -1.77. The molecule has 8 heteroatoms. The van der Waals surface area contributed by atoms with E-state index in [0.717, 1.165) is 0 Å². The summed E-state index contributed by atoms with van der Waals surface area (Å²) in [5, 5.41) is 21.2. The Kier molecular flexibility index (Phi) is 5.05. The van der Waals surface area contributed by atoms with Gasteiger partial charge in [0.2, 0.25) is 5.91 Å². The van der Waals surface area contributed by atoms with E-state index in [1.54, 1.807) is 0 Å². The highest BCUT2D eigenvalue weighted by atomic mass is 16.5. The average Bonchev–Trinajstić information content (AvgIpc) is 2.80. The van der Waals surface area contributed by atoms with Crippen LogP contribution in [0.25, 0.3) is 0 Å². The minimum atomic E-state index is -0.823. The number of ether oxygens (including phenoxy) is 1. The highest BCUT2D eigenvalue weighted by Gasteiger charge is 2.34. The average molecular weight is 297 g/mol. The predicted molar refractivity (Wildman–Crippen MR) is 73.7 cm³/mol. The lowest BCUT2D eigenvalue weighted by Crippen LogP contribution is -2.28. The van der Waals surface area contributed by atoms with Crippen molar-refractivity contribution in [3.63, 3.8) is 0 Å². The summed E-state index contributed by atoms with van der Waals surface area (Å²) in [4.78, 5) is 27.2. The zero-order chi connectivity index (χ0) is 15.4. The molecule has 3 atom stereocenters. The van der Waals surface area contributed by atoms with Gasteiger partial charge in [0.15, 0.2) is 0 Å². The van der Waals surface area contributed by atoms with E-state index < -0.39 is 24.1 Å². The van der Waals surface area contributed by atoms with Gasteiger partial charge in [0.05, 0.1) is 12.7 Å². The monoisotopic (exact) mass is 297 g/mol. The molecule has 0 aliphatic carbocycles. The third kappa shape index (κ3) is 3.66. The van der Waals surface area contributed by atoms with Gasteiger partial charge in [-0.1, -0.05) is 6.92 Å². The highest BCUT2D eigenvalue weighted by Crippen LogP contribution is 2.27. The predicted octanol–water partition coefficient (Wildman–Crippen LogP) is -0.377. The maximum absolute atomic E-state index is 11.9. The number of hydrogen-bond acceptors (Lipinski definition) is 6. The van der Waals surface area contributed by atoms with Crippen molar-refractivity contribution in [1.29, 1.82) is 0 Å². The number of aliphatic hydroxyl groups is 2. The second kappa shape index (κ2) is 6.79. The molecule has 2 heterocycles. The summed E-state index contributed by atoms with van der Waals surface area (Å²) < 4.78 is 6.62. The van der Waals surface area contributed by atoms with Crippen molar-refractivity contribution in [3.8, 4) is 0 Å². The molecule has 1 aromatic heterocycles. The van der Waals surface area contributed by atoms with Gasteiger partial charge in [-0.2, -0.15) is 4.98 Å². The number of carbonyl (C=O) groups excluding carboxylic acids is 1. The van der Waals surface area contributed by atoms with Crippen LogP contribution < -0.4 is 11.0 Å². The molecule has 0 spiro atoms. The molecule has 1 fully saturated rings. The van der Waals surface area contributed by atoms with Crippen molar-refractivity contribution in [2.75, 3.05) is 11.9 Å². The first-order chi connectivity index (χ1) is 10.0. The van der Waals surface area contributed by atoms with Crippen LogP contribution in [0.2, 0.25) is 0 Å². The highest BCUT2D eigenvalue weighted by molar-refractivity contribution is 5.89. The molecule has 8 nitrogen and oxygen atoms in total. The van der Waals surface area contributed by atoms with Crippen LogP contribution in [0, 0.1) is 0 Å². The van der Waals surface area contributed by atoms with Crippen LogP contribution >= 0.6 is 0 Å². The van der Waals surface area contributed by atoms with E-state index in [4.69, 9.17) is 9.84 Å². The van der Waals surface area contributed by atoms with Gasteiger partial charge in [-0.05, 0) is 12.5 Å². The molecule has 0 saturated carbocycles. The molecule has 1 unspecified atom stereocenters. The second-order valence-corrected chi connectivity index (χ2v) is 4.92. The van der Waals surface area contributed by atoms with E-state index in [2.05, 4.69) is 10.3 Å². The van der Waals surface area contributed by atoms with Crippen molar-refractivity contribution >= 4 is 11.7 Å². The Morgan fingerprint density at radius 1 is 1.62 bits per heavy atom. The Labute approximate surface area is 121 Å². The van der Waals surface area contributed by atoms with Crippen LogP contribution in [0.4, 0.5) is 5.82 Å². The standard InChI is InChI=1S/C13H19N3O5/c1-2-3-11(19)14-10-4-5-16(13(20)15-10)12-6-8(18)9(7-17)21-12/h4-5,8-9,12,17-18H,2-3,6-7H2,1H3,(H,14,15,19,20)/t8-,9+,12?/m0/s1. The summed E-state index contributed by atoms with van der Waals surface area (Å²) >= 11 is 0. The molecule has 0 aromatic carbocycles. The van der Waals surface area contributed by atoms with Crippen molar-refractivity contribution in [3.05, 3.63) is 22.7 Å². The van der Waals surface area contributed by atoms with Crippen molar-refractivity contribution in [2.45, 2.75) is 44.6 Å². The lowest BCUT2D eigenvalue weighted by molar-refractivity contribution is -0.116. The normalized spacial score (nSPS) is 25.0. The fourth-order valence-electron chi connectivity index (χ4n) is 2.18. The van der Waals surface area contributed by atoms with Crippen LogP contribution in [0.5, 0.6) is 0 Å². The molecule has 116 valence electrons. The fourth-order valence-corrected chi connectivity index (χ4v) is 2.18. The van der Waals surface area contributed by atoms with Crippen molar-refractivity contribution < 1.29 is 19.7 Å². The van der Waals surface area contributed by atoms with Gasteiger partial charge < -0.3 is 20.3 Å². The van der Waals surface area contributed by atoms with Crippen LogP contribution in [0.3, 0.4) is 0 Å². The summed E-state index contributed by atoms with van der Waals surface area (Å²) in [6.45, 7) is 1.57. The molecular formula is C13H19N3O5. The fraction of sp³-hybridized carbons (Fsp3) is 0.615. The van der Waals surface area contributed by atoms with Crippen LogP contribution in [0.15, 0.2) is 17.1 Å². The van der Waals surface area contributed by atoms with Gasteiger partial charge in [-0.3, -0.25) is 9.36 Å². The van der Waals surface area contributed by atoms with E-state index in [1.165, 1.54) is 16.8 Å². The van der Waals surface area contributed by atoms with Gasteiger partial charge >= 0.3 is 5.69 Å². The van der Waals surface area contributed by atoms with Gasteiger partial charge in [-0.15, -0.1) is 0 Å². The topological polar surface area (TPSA) is 114 Å². The number of hydrogen-bond donors (Lipinski definition) is 3. The first-order valence-corrected chi connectivity index (χ1v) is 6.88. The number of anilines is 1. The zero-order valence-electron chi connectivity index (χ0n) is 11.7. The van der Waals surface area contributed by atoms with Gasteiger partial charge in [0.25, 0.3) is 0 Å². The number of carbonyl (C=O) groups is 1. The summed E-state index contributed by atoms with van der Waals surface area (Å²) in [6.07, 6.45) is 0.530. The van der Waals surface area contributed by atoms with Gasteiger partial charge in [-0.25, -0.2) is 4.79 Å². The molecule has 0 bridgehead atoms. The summed E-state index contributed by atoms with van der Waals surface area (Å²) in [7, 11) is 0. The Bertz CT molecular complexity index is 559. The molecule has 1 aliphatic rings. The number of nitrogens with one attached hydrogen (secondary N) is 1. The lowest BCUT2D eigenvalue weighted by Gasteiger charge is -2.14. The SMILES string of the molecule is CCCC(=O)Nc1ccn(C2C[C@H](O)[C@@H](CO)O2)c(=O)n1. The maximum atomic E-state index is 11.9. The van der Waals surface area contributed by atoms with Crippen LogP contribution in [-0.2, 0) is 9.53 Å². The van der Waals surface area contributed by atoms with E-state index in [9.17, 15) is 14.7 Å². The molecule has 0 radical (unpaired) electrons. The van der Waals surface area contributed by atoms with E-state index in [-0.39, 0.29) is 24.8 Å². The summed E-state index contributed by atoms with van der Waals surface area (Å²) in [6, 6.07) is 1.50. The van der Waals surface area contributed by atoms with Crippen molar-refractivity contribution in [1.82, 2.24) is 9.55 Å². The number of aliphatic hydroxyl groups excluding tert-OH is 2. The smallest absolute Gasteiger partial charge is 0.351 e. The Balaban J connectivity index is 2.10. The first kappa shape index (κ1) is 15.6. The van der Waals surface area contributed by atoms with Gasteiger partial charge in [0, 0.05) is 19.0 Å². The number of amides is 1. The second-order valence-electron chi connectivity index (χ2n) is 4.92. The number of aromatic nitrogens is 2. The quantitative estimate of drug-likeness (QED) is 0.683. The first-order valence-electron chi connectivity index (χ1n) is 6.88. The zero-order valence-corrected chi connectivity index (χ0v) is 11.7. The maximum Gasteiger partial charge on any atom is 0.351 e. The van der Waals surface area contributed by atoms with Gasteiger partial charge in [0.1, 0.15) is 18.1 Å². The molecular weight excluding hydrogens is 278 g/mol. The van der Waals surface area contributed by atoms with E-state index in [1.807, 2.05) is 6.92 Å².